The first kappa shape index (κ1) is 17.6. The van der Waals surface area contributed by atoms with Gasteiger partial charge in [0.15, 0.2) is 0 Å². The zero-order chi connectivity index (χ0) is 16.5. The fourth-order valence-corrected chi connectivity index (χ4v) is 4.77. The molecule has 0 saturated heterocycles. The molecular weight excluding hydrogens is 304 g/mol. The van der Waals surface area contributed by atoms with Crippen molar-refractivity contribution in [3.63, 3.8) is 0 Å². The molecule has 0 saturated carbocycles. The van der Waals surface area contributed by atoms with E-state index in [9.17, 15) is 0 Å². The monoisotopic (exact) mass is 328 g/mol. The predicted molar refractivity (Wildman–Crippen MR) is 96.4 cm³/mol. The first-order chi connectivity index (χ1) is 11.2. The molecule has 2 aromatic carbocycles. The second-order valence-corrected chi connectivity index (χ2v) is 7.58. The van der Waals surface area contributed by atoms with Gasteiger partial charge in [0, 0.05) is 18.4 Å². The molecule has 0 aliphatic rings. The van der Waals surface area contributed by atoms with Crippen LogP contribution in [-0.4, -0.2) is 22.0 Å². The summed E-state index contributed by atoms with van der Waals surface area (Å²) in [6, 6.07) is 18.1. The van der Waals surface area contributed by atoms with Crippen molar-refractivity contribution in [2.75, 3.05) is 13.2 Å². The van der Waals surface area contributed by atoms with E-state index in [4.69, 9.17) is 13.3 Å². The summed E-state index contributed by atoms with van der Waals surface area (Å²) in [4.78, 5) is 0. The van der Waals surface area contributed by atoms with Crippen molar-refractivity contribution in [2.45, 2.75) is 20.5 Å². The quantitative estimate of drug-likeness (QED) is 0.656. The van der Waals surface area contributed by atoms with Crippen LogP contribution in [0.4, 0.5) is 0 Å². The molecule has 0 unspecified atom stereocenters. The highest BCUT2D eigenvalue weighted by molar-refractivity contribution is 6.75. The van der Waals surface area contributed by atoms with E-state index in [1.54, 1.807) is 0 Å². The van der Waals surface area contributed by atoms with Gasteiger partial charge in [-0.2, -0.15) is 0 Å². The molecule has 0 amide bonds. The van der Waals surface area contributed by atoms with Gasteiger partial charge in [-0.15, -0.1) is 0 Å². The van der Waals surface area contributed by atoms with Gasteiger partial charge in [-0.1, -0.05) is 67.3 Å². The first-order valence-electron chi connectivity index (χ1n) is 7.93. The van der Waals surface area contributed by atoms with Crippen molar-refractivity contribution in [2.24, 2.45) is 0 Å². The van der Waals surface area contributed by atoms with E-state index in [0.29, 0.717) is 19.8 Å². The normalized spacial score (nSPS) is 11.4. The van der Waals surface area contributed by atoms with E-state index < -0.39 is 8.80 Å². The lowest BCUT2D eigenvalue weighted by molar-refractivity contribution is 0.0755. The van der Waals surface area contributed by atoms with Crippen LogP contribution in [0.2, 0.25) is 0 Å². The standard InChI is InChI=1S/C19H24O3Si/c1-4-17-12-14-19(15-13-17)23(20-5-2,21-6-3)22-16-18-10-8-7-9-11-18/h4,7-15H,1,5-6,16H2,2-3H3. The summed E-state index contributed by atoms with van der Waals surface area (Å²) < 4.78 is 18.3. The van der Waals surface area contributed by atoms with Gasteiger partial charge in [0.2, 0.25) is 0 Å². The van der Waals surface area contributed by atoms with Crippen LogP contribution in [0, 0.1) is 0 Å². The summed E-state index contributed by atoms with van der Waals surface area (Å²) in [5.41, 5.74) is 2.17. The molecule has 0 aliphatic heterocycles. The topological polar surface area (TPSA) is 27.7 Å². The highest BCUT2D eigenvalue weighted by Crippen LogP contribution is 2.15. The summed E-state index contributed by atoms with van der Waals surface area (Å²) in [6.07, 6.45) is 1.82. The zero-order valence-corrected chi connectivity index (χ0v) is 14.8. The molecule has 0 aromatic heterocycles. The van der Waals surface area contributed by atoms with Gasteiger partial charge in [0.1, 0.15) is 0 Å². The Labute approximate surface area is 139 Å². The molecule has 0 spiro atoms. The Bertz CT molecular complexity index is 590. The fraction of sp³-hybridized carbons (Fsp3) is 0.263. The van der Waals surface area contributed by atoms with E-state index in [1.807, 2.05) is 74.5 Å². The SMILES string of the molecule is C=Cc1ccc([Si](OCC)(OCC)OCc2ccccc2)cc1. The molecule has 2 rings (SSSR count). The Morgan fingerprint density at radius 3 is 2.00 bits per heavy atom. The van der Waals surface area contributed by atoms with Gasteiger partial charge >= 0.3 is 8.80 Å². The third-order valence-electron chi connectivity index (χ3n) is 3.44. The number of hydrogen-bond donors (Lipinski definition) is 0. The van der Waals surface area contributed by atoms with Crippen molar-refractivity contribution in [1.29, 1.82) is 0 Å². The fourth-order valence-electron chi connectivity index (χ4n) is 2.33. The van der Waals surface area contributed by atoms with Crippen molar-refractivity contribution < 1.29 is 13.3 Å². The average Bonchev–Trinajstić information content (AvgIpc) is 2.61. The first-order valence-corrected chi connectivity index (χ1v) is 9.65. The van der Waals surface area contributed by atoms with Gasteiger partial charge in [0.05, 0.1) is 6.61 Å². The largest absolute Gasteiger partial charge is 0.537 e. The Morgan fingerprint density at radius 1 is 0.870 bits per heavy atom. The van der Waals surface area contributed by atoms with Gasteiger partial charge in [-0.3, -0.25) is 0 Å². The summed E-state index contributed by atoms with van der Waals surface area (Å²) in [5.74, 6) is 0. The Morgan fingerprint density at radius 2 is 1.48 bits per heavy atom. The smallest absolute Gasteiger partial charge is 0.370 e. The summed E-state index contributed by atoms with van der Waals surface area (Å²) in [6.45, 7) is 9.28. The molecule has 0 bridgehead atoms. The van der Waals surface area contributed by atoms with Crippen LogP contribution >= 0.6 is 0 Å². The molecule has 4 heteroatoms. The maximum atomic E-state index is 6.22. The lowest BCUT2D eigenvalue weighted by Crippen LogP contribution is -2.56. The lowest BCUT2D eigenvalue weighted by atomic mass is 10.2. The minimum absolute atomic E-state index is 0.469. The van der Waals surface area contributed by atoms with E-state index in [0.717, 1.165) is 16.3 Å². The number of hydrogen-bond acceptors (Lipinski definition) is 3. The van der Waals surface area contributed by atoms with Crippen molar-refractivity contribution in [3.05, 3.63) is 72.3 Å². The highest BCUT2D eigenvalue weighted by atomic mass is 28.4. The van der Waals surface area contributed by atoms with E-state index in [2.05, 4.69) is 6.58 Å². The second kappa shape index (κ2) is 8.79. The minimum Gasteiger partial charge on any atom is -0.370 e. The third kappa shape index (κ3) is 4.62. The maximum Gasteiger partial charge on any atom is 0.537 e. The van der Waals surface area contributed by atoms with Crippen LogP contribution in [0.15, 0.2) is 61.2 Å². The minimum atomic E-state index is -2.92. The summed E-state index contributed by atoms with van der Waals surface area (Å²) >= 11 is 0. The van der Waals surface area contributed by atoms with Crippen LogP contribution in [0.25, 0.3) is 6.08 Å². The van der Waals surface area contributed by atoms with Gasteiger partial charge < -0.3 is 13.3 Å². The molecule has 2 aromatic rings. The molecule has 0 heterocycles. The summed E-state index contributed by atoms with van der Waals surface area (Å²) in [7, 11) is -2.92. The molecule has 0 radical (unpaired) electrons. The summed E-state index contributed by atoms with van der Waals surface area (Å²) in [5, 5.41) is 0.975. The van der Waals surface area contributed by atoms with E-state index in [1.165, 1.54) is 0 Å². The Balaban J connectivity index is 2.27. The highest BCUT2D eigenvalue weighted by Gasteiger charge is 2.43. The van der Waals surface area contributed by atoms with Crippen LogP contribution in [0.3, 0.4) is 0 Å². The van der Waals surface area contributed by atoms with Crippen molar-refractivity contribution in [1.82, 2.24) is 0 Å². The van der Waals surface area contributed by atoms with Gasteiger partial charge in [0.25, 0.3) is 0 Å². The molecular formula is C19H24O3Si. The molecule has 23 heavy (non-hydrogen) atoms. The van der Waals surface area contributed by atoms with Crippen LogP contribution in [0.1, 0.15) is 25.0 Å². The number of rotatable bonds is 9. The second-order valence-electron chi connectivity index (χ2n) is 5.02. The van der Waals surface area contributed by atoms with Crippen LogP contribution in [0.5, 0.6) is 0 Å². The molecule has 0 fully saturated rings. The van der Waals surface area contributed by atoms with Gasteiger partial charge in [-0.05, 0) is 25.0 Å². The Kier molecular flexibility index (Phi) is 6.74. The van der Waals surface area contributed by atoms with E-state index in [-0.39, 0.29) is 0 Å². The maximum absolute atomic E-state index is 6.22. The average molecular weight is 328 g/mol. The van der Waals surface area contributed by atoms with Crippen molar-refractivity contribution in [3.8, 4) is 0 Å². The molecule has 122 valence electrons. The lowest BCUT2D eigenvalue weighted by Gasteiger charge is -2.29. The van der Waals surface area contributed by atoms with Gasteiger partial charge in [-0.25, -0.2) is 0 Å². The zero-order valence-electron chi connectivity index (χ0n) is 13.8. The molecule has 0 atom stereocenters. The van der Waals surface area contributed by atoms with Crippen molar-refractivity contribution >= 4 is 20.1 Å². The Hall–Kier alpha value is -1.72. The number of benzene rings is 2. The van der Waals surface area contributed by atoms with E-state index >= 15 is 0 Å². The van der Waals surface area contributed by atoms with Crippen LogP contribution in [-0.2, 0) is 19.9 Å². The molecule has 3 nitrogen and oxygen atoms in total. The molecule has 0 aliphatic carbocycles. The molecule has 0 N–H and O–H groups in total. The third-order valence-corrected chi connectivity index (χ3v) is 6.34. The van der Waals surface area contributed by atoms with Crippen LogP contribution < -0.4 is 5.19 Å². The predicted octanol–water partition coefficient (Wildman–Crippen LogP) is 3.77.